The Bertz CT molecular complexity index is 954. The average Bonchev–Trinajstić information content (AvgIpc) is 3.14. The molecular formula is C20H17FN2O3S. The standard InChI is InChI=1S/C20H17FN2O3S/c1-2-18(24)13-6-8-16(9-7-13)26-11-19(25)23-20-22-17(12-27-20)14-4-3-5-15(21)10-14/h3-10,12H,2,11H2,1H3,(H,22,23,25). The third kappa shape index (κ3) is 4.98. The molecule has 0 unspecified atom stereocenters. The molecular weight excluding hydrogens is 367 g/mol. The van der Waals surface area contributed by atoms with Gasteiger partial charge in [-0.25, -0.2) is 9.37 Å². The Morgan fingerprint density at radius 3 is 2.67 bits per heavy atom. The fourth-order valence-electron chi connectivity index (χ4n) is 2.36. The maximum Gasteiger partial charge on any atom is 0.264 e. The Labute approximate surface area is 159 Å². The molecule has 0 atom stereocenters. The minimum absolute atomic E-state index is 0.0529. The van der Waals surface area contributed by atoms with Gasteiger partial charge in [0.15, 0.2) is 17.5 Å². The van der Waals surface area contributed by atoms with Gasteiger partial charge < -0.3 is 4.74 Å². The van der Waals surface area contributed by atoms with Crippen LogP contribution in [0.4, 0.5) is 9.52 Å². The number of rotatable bonds is 7. The molecule has 1 heterocycles. The van der Waals surface area contributed by atoms with E-state index in [1.165, 1.54) is 23.5 Å². The Balaban J connectivity index is 1.55. The molecule has 0 saturated carbocycles. The van der Waals surface area contributed by atoms with E-state index in [1.54, 1.807) is 48.7 Å². The number of hydrogen-bond donors (Lipinski definition) is 1. The van der Waals surface area contributed by atoms with Gasteiger partial charge in [-0.15, -0.1) is 11.3 Å². The van der Waals surface area contributed by atoms with Crippen molar-refractivity contribution in [3.8, 4) is 17.0 Å². The minimum atomic E-state index is -0.358. The second kappa shape index (κ2) is 8.55. The van der Waals surface area contributed by atoms with Gasteiger partial charge >= 0.3 is 0 Å². The summed E-state index contributed by atoms with van der Waals surface area (Å²) in [5.41, 5.74) is 1.85. The molecule has 0 bridgehead atoms. The van der Waals surface area contributed by atoms with E-state index in [2.05, 4.69) is 10.3 Å². The molecule has 0 aliphatic carbocycles. The average molecular weight is 384 g/mol. The third-order valence-corrected chi connectivity index (χ3v) is 4.50. The lowest BCUT2D eigenvalue weighted by Gasteiger charge is -2.06. The molecule has 0 radical (unpaired) electrons. The number of ketones is 1. The highest BCUT2D eigenvalue weighted by atomic mass is 32.1. The van der Waals surface area contributed by atoms with Gasteiger partial charge in [-0.05, 0) is 36.4 Å². The maximum absolute atomic E-state index is 13.3. The molecule has 1 amide bonds. The number of aromatic nitrogens is 1. The number of anilines is 1. The third-order valence-electron chi connectivity index (χ3n) is 3.74. The number of hydrogen-bond acceptors (Lipinski definition) is 5. The quantitative estimate of drug-likeness (QED) is 0.607. The number of nitrogens with one attached hydrogen (secondary N) is 1. The van der Waals surface area contributed by atoms with Crippen molar-refractivity contribution in [3.63, 3.8) is 0 Å². The van der Waals surface area contributed by atoms with E-state index < -0.39 is 0 Å². The van der Waals surface area contributed by atoms with Gasteiger partial charge in [0.05, 0.1) is 5.69 Å². The molecule has 1 N–H and O–H groups in total. The number of thiazole rings is 1. The van der Waals surface area contributed by atoms with E-state index in [9.17, 15) is 14.0 Å². The first kappa shape index (κ1) is 18.7. The van der Waals surface area contributed by atoms with Crippen LogP contribution in [0.5, 0.6) is 5.75 Å². The summed E-state index contributed by atoms with van der Waals surface area (Å²) in [5.74, 6) is -0.149. The summed E-state index contributed by atoms with van der Waals surface area (Å²) in [7, 11) is 0. The molecule has 138 valence electrons. The van der Waals surface area contributed by atoms with Crippen LogP contribution in [0.15, 0.2) is 53.9 Å². The molecule has 3 rings (SSSR count). The summed E-state index contributed by atoms with van der Waals surface area (Å²) in [6.07, 6.45) is 0.439. The highest BCUT2D eigenvalue weighted by molar-refractivity contribution is 7.14. The molecule has 0 aliphatic rings. The van der Waals surface area contributed by atoms with Crippen LogP contribution in [-0.4, -0.2) is 23.3 Å². The highest BCUT2D eigenvalue weighted by Gasteiger charge is 2.10. The topological polar surface area (TPSA) is 68.3 Å². The van der Waals surface area contributed by atoms with E-state index in [0.717, 1.165) is 0 Å². The van der Waals surface area contributed by atoms with Gasteiger partial charge in [0.2, 0.25) is 0 Å². The van der Waals surface area contributed by atoms with Crippen molar-refractivity contribution in [2.75, 3.05) is 11.9 Å². The zero-order valence-electron chi connectivity index (χ0n) is 14.6. The molecule has 2 aromatic carbocycles. The normalized spacial score (nSPS) is 10.4. The first-order valence-corrected chi connectivity index (χ1v) is 9.20. The van der Waals surface area contributed by atoms with Crippen LogP contribution in [0, 0.1) is 5.82 Å². The summed E-state index contributed by atoms with van der Waals surface area (Å²) in [6, 6.07) is 12.8. The fourth-order valence-corrected chi connectivity index (χ4v) is 3.09. The van der Waals surface area contributed by atoms with E-state index in [-0.39, 0.29) is 24.1 Å². The number of benzene rings is 2. The largest absolute Gasteiger partial charge is 0.484 e. The number of ether oxygens (including phenoxy) is 1. The van der Waals surface area contributed by atoms with Crippen molar-refractivity contribution in [1.82, 2.24) is 4.98 Å². The zero-order chi connectivity index (χ0) is 19.2. The van der Waals surface area contributed by atoms with Crippen LogP contribution in [0.3, 0.4) is 0 Å². The molecule has 1 aromatic heterocycles. The first-order chi connectivity index (χ1) is 13.0. The van der Waals surface area contributed by atoms with Crippen molar-refractivity contribution < 1.29 is 18.7 Å². The SMILES string of the molecule is CCC(=O)c1ccc(OCC(=O)Nc2nc(-c3cccc(F)c3)cs2)cc1. The van der Waals surface area contributed by atoms with Crippen LogP contribution in [-0.2, 0) is 4.79 Å². The minimum Gasteiger partial charge on any atom is -0.484 e. The van der Waals surface area contributed by atoms with Crippen LogP contribution in [0.25, 0.3) is 11.3 Å². The van der Waals surface area contributed by atoms with Crippen LogP contribution < -0.4 is 10.1 Å². The Morgan fingerprint density at radius 1 is 1.19 bits per heavy atom. The summed E-state index contributed by atoms with van der Waals surface area (Å²) in [5, 5.41) is 4.81. The molecule has 0 saturated heterocycles. The van der Waals surface area contributed by atoms with Crippen molar-refractivity contribution in [1.29, 1.82) is 0 Å². The number of halogens is 1. The Hall–Kier alpha value is -3.06. The lowest BCUT2D eigenvalue weighted by atomic mass is 10.1. The summed E-state index contributed by atoms with van der Waals surface area (Å²) in [4.78, 5) is 27.9. The number of carbonyl (C=O) groups excluding carboxylic acids is 2. The molecule has 27 heavy (non-hydrogen) atoms. The van der Waals surface area contributed by atoms with Crippen LogP contribution in [0.2, 0.25) is 0 Å². The summed E-state index contributed by atoms with van der Waals surface area (Å²) >= 11 is 1.25. The van der Waals surface area contributed by atoms with Gasteiger partial charge in [0.25, 0.3) is 5.91 Å². The Kier molecular flexibility index (Phi) is 5.93. The Morgan fingerprint density at radius 2 is 1.96 bits per heavy atom. The number of amides is 1. The van der Waals surface area contributed by atoms with E-state index in [0.29, 0.717) is 34.1 Å². The van der Waals surface area contributed by atoms with Crippen molar-refractivity contribution in [2.24, 2.45) is 0 Å². The van der Waals surface area contributed by atoms with E-state index in [1.807, 2.05) is 0 Å². The molecule has 0 fully saturated rings. The number of Topliss-reactive ketones (excluding diaryl/α,β-unsaturated/α-hetero) is 1. The molecule has 0 aliphatic heterocycles. The smallest absolute Gasteiger partial charge is 0.264 e. The number of carbonyl (C=O) groups is 2. The summed E-state index contributed by atoms with van der Waals surface area (Å²) in [6.45, 7) is 1.62. The van der Waals surface area contributed by atoms with Crippen molar-refractivity contribution in [3.05, 3.63) is 65.3 Å². The first-order valence-electron chi connectivity index (χ1n) is 8.32. The zero-order valence-corrected chi connectivity index (χ0v) is 15.4. The fraction of sp³-hybridized carbons (Fsp3) is 0.150. The summed E-state index contributed by atoms with van der Waals surface area (Å²) < 4.78 is 18.7. The van der Waals surface area contributed by atoms with Gasteiger partial charge in [-0.1, -0.05) is 19.1 Å². The highest BCUT2D eigenvalue weighted by Crippen LogP contribution is 2.25. The number of nitrogens with zero attached hydrogens (tertiary/aromatic N) is 1. The van der Waals surface area contributed by atoms with Gasteiger partial charge in [-0.3, -0.25) is 14.9 Å². The van der Waals surface area contributed by atoms with Gasteiger partial charge in [0, 0.05) is 22.9 Å². The van der Waals surface area contributed by atoms with E-state index >= 15 is 0 Å². The van der Waals surface area contributed by atoms with Crippen LogP contribution in [0.1, 0.15) is 23.7 Å². The predicted molar refractivity (Wildman–Crippen MR) is 103 cm³/mol. The maximum atomic E-state index is 13.3. The monoisotopic (exact) mass is 384 g/mol. The van der Waals surface area contributed by atoms with Gasteiger partial charge in [0.1, 0.15) is 11.6 Å². The van der Waals surface area contributed by atoms with Crippen LogP contribution >= 0.6 is 11.3 Å². The van der Waals surface area contributed by atoms with Gasteiger partial charge in [-0.2, -0.15) is 0 Å². The molecule has 5 nitrogen and oxygen atoms in total. The van der Waals surface area contributed by atoms with Crippen molar-refractivity contribution >= 4 is 28.2 Å². The predicted octanol–water partition coefficient (Wildman–Crippen LogP) is 4.56. The van der Waals surface area contributed by atoms with E-state index in [4.69, 9.17) is 4.74 Å². The lowest BCUT2D eigenvalue weighted by Crippen LogP contribution is -2.20. The van der Waals surface area contributed by atoms with Crippen molar-refractivity contribution in [2.45, 2.75) is 13.3 Å². The molecule has 3 aromatic rings. The molecule has 7 heteroatoms. The second-order valence-corrected chi connectivity index (χ2v) is 6.54. The second-order valence-electron chi connectivity index (χ2n) is 5.69. The molecule has 0 spiro atoms. The lowest BCUT2D eigenvalue weighted by molar-refractivity contribution is -0.118.